The number of likely N-dealkylation sites (N-methyl/N-ethyl adjacent to an activating group) is 1. The molecule has 0 fully saturated rings. The second kappa shape index (κ2) is 6.26. The number of pyridine rings is 1. The summed E-state index contributed by atoms with van der Waals surface area (Å²) in [4.78, 5) is 3.95. The van der Waals surface area contributed by atoms with Gasteiger partial charge in [-0.25, -0.2) is 0 Å². The Morgan fingerprint density at radius 3 is 2.52 bits per heavy atom. The molecule has 0 bridgehead atoms. The highest BCUT2D eigenvalue weighted by molar-refractivity contribution is 5.20. The van der Waals surface area contributed by atoms with Crippen LogP contribution in [0.1, 0.15) is 29.9 Å². The van der Waals surface area contributed by atoms with Crippen molar-refractivity contribution in [1.82, 2.24) is 20.1 Å². The monoisotopic (exact) mass is 298 g/mol. The van der Waals surface area contributed by atoms with E-state index in [0.29, 0.717) is 18.7 Å². The molecule has 0 spiro atoms. The van der Waals surface area contributed by atoms with Gasteiger partial charge in [-0.1, -0.05) is 6.92 Å². The molecule has 1 atom stereocenters. The smallest absolute Gasteiger partial charge is 0.309 e. The van der Waals surface area contributed by atoms with Crippen LogP contribution in [0.2, 0.25) is 0 Å². The van der Waals surface area contributed by atoms with E-state index in [1.165, 1.54) is 6.07 Å². The van der Waals surface area contributed by atoms with Crippen molar-refractivity contribution in [3.63, 3.8) is 0 Å². The largest absolute Gasteiger partial charge is 0.417 e. The summed E-state index contributed by atoms with van der Waals surface area (Å²) in [6.45, 7) is 2.63. The average Bonchev–Trinajstić information content (AvgIpc) is 2.83. The van der Waals surface area contributed by atoms with E-state index in [9.17, 15) is 13.2 Å². The summed E-state index contributed by atoms with van der Waals surface area (Å²) in [5, 5.41) is 7.51. The molecule has 0 aliphatic rings. The molecule has 0 aliphatic carbocycles. The number of hydrogen-bond acceptors (Lipinski definition) is 3. The molecule has 4 nitrogen and oxygen atoms in total. The van der Waals surface area contributed by atoms with Crippen LogP contribution < -0.4 is 5.32 Å². The molecule has 0 radical (unpaired) electrons. The molecule has 1 unspecified atom stereocenters. The van der Waals surface area contributed by atoms with Gasteiger partial charge in [0, 0.05) is 25.9 Å². The number of nitrogens with zero attached hydrogens (tertiary/aromatic N) is 3. The first-order chi connectivity index (χ1) is 9.90. The van der Waals surface area contributed by atoms with Gasteiger partial charge >= 0.3 is 6.18 Å². The SMILES string of the molecule is CCNC(Cc1ccn(C)n1)c1ccc(C(F)(F)F)cn1. The first kappa shape index (κ1) is 15.5. The number of aromatic nitrogens is 3. The quantitative estimate of drug-likeness (QED) is 0.923. The van der Waals surface area contributed by atoms with Crippen molar-refractivity contribution in [3.05, 3.63) is 47.5 Å². The fraction of sp³-hybridized carbons (Fsp3) is 0.429. The van der Waals surface area contributed by atoms with Crippen molar-refractivity contribution in [2.45, 2.75) is 25.6 Å². The molecule has 2 aromatic rings. The molecule has 1 N–H and O–H groups in total. The summed E-state index contributed by atoms with van der Waals surface area (Å²) in [5.74, 6) is 0. The number of hydrogen-bond donors (Lipinski definition) is 1. The van der Waals surface area contributed by atoms with Gasteiger partial charge < -0.3 is 5.32 Å². The Morgan fingerprint density at radius 2 is 2.05 bits per heavy atom. The third-order valence-corrected chi connectivity index (χ3v) is 3.10. The maximum atomic E-state index is 12.5. The van der Waals surface area contributed by atoms with E-state index in [-0.39, 0.29) is 6.04 Å². The minimum Gasteiger partial charge on any atom is -0.309 e. The van der Waals surface area contributed by atoms with Gasteiger partial charge in [0.05, 0.1) is 23.0 Å². The highest BCUT2D eigenvalue weighted by Gasteiger charge is 2.31. The fourth-order valence-corrected chi connectivity index (χ4v) is 2.09. The number of halogens is 3. The Kier molecular flexibility index (Phi) is 4.62. The zero-order valence-electron chi connectivity index (χ0n) is 11.9. The maximum absolute atomic E-state index is 12.5. The molecule has 21 heavy (non-hydrogen) atoms. The second-order valence-electron chi connectivity index (χ2n) is 4.76. The first-order valence-corrected chi connectivity index (χ1v) is 6.65. The van der Waals surface area contributed by atoms with E-state index in [2.05, 4.69) is 15.4 Å². The lowest BCUT2D eigenvalue weighted by Gasteiger charge is -2.17. The minimum atomic E-state index is -4.36. The van der Waals surface area contributed by atoms with Crippen molar-refractivity contribution in [2.24, 2.45) is 7.05 Å². The fourth-order valence-electron chi connectivity index (χ4n) is 2.09. The van der Waals surface area contributed by atoms with Crippen molar-refractivity contribution in [3.8, 4) is 0 Å². The third kappa shape index (κ3) is 4.04. The molecule has 114 valence electrons. The molecule has 0 aromatic carbocycles. The predicted octanol–water partition coefficient (Wildman–Crippen LogP) is 2.73. The summed E-state index contributed by atoms with van der Waals surface area (Å²) in [6.07, 6.45) is -1.08. The van der Waals surface area contributed by atoms with Crippen LogP contribution in [0.25, 0.3) is 0 Å². The van der Waals surface area contributed by atoms with Crippen LogP contribution in [0.3, 0.4) is 0 Å². The van der Waals surface area contributed by atoms with Gasteiger partial charge in [0.1, 0.15) is 0 Å². The number of aryl methyl sites for hydroxylation is 1. The van der Waals surface area contributed by atoms with E-state index in [1.54, 1.807) is 4.68 Å². The maximum Gasteiger partial charge on any atom is 0.417 e. The van der Waals surface area contributed by atoms with Crippen LogP contribution in [0.5, 0.6) is 0 Å². The summed E-state index contributed by atoms with van der Waals surface area (Å²) in [7, 11) is 1.82. The predicted molar refractivity (Wildman–Crippen MR) is 72.6 cm³/mol. The number of rotatable bonds is 5. The van der Waals surface area contributed by atoms with E-state index in [0.717, 1.165) is 18.0 Å². The lowest BCUT2D eigenvalue weighted by Crippen LogP contribution is -2.24. The van der Waals surface area contributed by atoms with E-state index in [1.807, 2.05) is 26.2 Å². The van der Waals surface area contributed by atoms with Gasteiger partial charge in [0.25, 0.3) is 0 Å². The van der Waals surface area contributed by atoms with Crippen molar-refractivity contribution < 1.29 is 13.2 Å². The van der Waals surface area contributed by atoms with E-state index < -0.39 is 11.7 Å². The summed E-state index contributed by atoms with van der Waals surface area (Å²) in [6, 6.07) is 4.20. The van der Waals surface area contributed by atoms with Crippen LogP contribution in [0.4, 0.5) is 13.2 Å². The van der Waals surface area contributed by atoms with Crippen LogP contribution in [0, 0.1) is 0 Å². The lowest BCUT2D eigenvalue weighted by atomic mass is 10.1. The second-order valence-corrected chi connectivity index (χ2v) is 4.76. The molecular weight excluding hydrogens is 281 g/mol. The standard InChI is InChI=1S/C14H17F3N4/c1-3-18-13(8-11-6-7-21(2)20-11)12-5-4-10(9-19-12)14(15,16)17/h4-7,9,13,18H,3,8H2,1-2H3. The van der Waals surface area contributed by atoms with E-state index >= 15 is 0 Å². The zero-order chi connectivity index (χ0) is 15.5. The van der Waals surface area contributed by atoms with Crippen LogP contribution in [-0.4, -0.2) is 21.3 Å². The zero-order valence-corrected chi connectivity index (χ0v) is 11.9. The third-order valence-electron chi connectivity index (χ3n) is 3.10. The van der Waals surface area contributed by atoms with Gasteiger partial charge in [-0.2, -0.15) is 18.3 Å². The van der Waals surface area contributed by atoms with Gasteiger partial charge in [-0.05, 0) is 24.7 Å². The number of nitrogens with one attached hydrogen (secondary N) is 1. The van der Waals surface area contributed by atoms with Gasteiger partial charge in [-0.3, -0.25) is 9.67 Å². The Morgan fingerprint density at radius 1 is 1.29 bits per heavy atom. The highest BCUT2D eigenvalue weighted by atomic mass is 19.4. The Balaban J connectivity index is 2.17. The molecule has 2 aromatic heterocycles. The van der Waals surface area contributed by atoms with Gasteiger partial charge in [-0.15, -0.1) is 0 Å². The topological polar surface area (TPSA) is 42.7 Å². The molecule has 2 rings (SSSR count). The Hall–Kier alpha value is -1.89. The Labute approximate surface area is 121 Å². The van der Waals surface area contributed by atoms with Gasteiger partial charge in [0.15, 0.2) is 0 Å². The molecule has 0 saturated heterocycles. The molecule has 0 aliphatic heterocycles. The average molecular weight is 298 g/mol. The minimum absolute atomic E-state index is 0.160. The van der Waals surface area contributed by atoms with Crippen molar-refractivity contribution in [1.29, 1.82) is 0 Å². The van der Waals surface area contributed by atoms with E-state index in [4.69, 9.17) is 0 Å². The summed E-state index contributed by atoms with van der Waals surface area (Å²) in [5.41, 5.74) is 0.708. The molecule has 7 heteroatoms. The summed E-state index contributed by atoms with van der Waals surface area (Å²) >= 11 is 0. The molecule has 0 saturated carbocycles. The van der Waals surface area contributed by atoms with Crippen molar-refractivity contribution >= 4 is 0 Å². The molecule has 2 heterocycles. The summed E-state index contributed by atoms with van der Waals surface area (Å²) < 4.78 is 39.3. The number of alkyl halides is 3. The highest BCUT2D eigenvalue weighted by Crippen LogP contribution is 2.29. The van der Waals surface area contributed by atoms with Gasteiger partial charge in [0.2, 0.25) is 0 Å². The molecule has 0 amide bonds. The lowest BCUT2D eigenvalue weighted by molar-refractivity contribution is -0.137. The first-order valence-electron chi connectivity index (χ1n) is 6.65. The van der Waals surface area contributed by atoms with Crippen LogP contribution in [-0.2, 0) is 19.6 Å². The van der Waals surface area contributed by atoms with Crippen molar-refractivity contribution in [2.75, 3.05) is 6.54 Å². The molecular formula is C14H17F3N4. The normalized spacial score (nSPS) is 13.4. The Bertz CT molecular complexity index is 575. The van der Waals surface area contributed by atoms with Crippen LogP contribution >= 0.6 is 0 Å². The van der Waals surface area contributed by atoms with Crippen LogP contribution in [0.15, 0.2) is 30.6 Å².